The first-order chi connectivity index (χ1) is 15.8. The molecule has 0 spiro atoms. The minimum Gasteiger partial charge on any atom is -0.368 e. The van der Waals surface area contributed by atoms with Crippen molar-refractivity contribution in [3.05, 3.63) is 43.0 Å². The lowest BCUT2D eigenvalue weighted by Gasteiger charge is -2.33. The summed E-state index contributed by atoms with van der Waals surface area (Å²) in [6.45, 7) is 4.23. The molecule has 5 heterocycles. The second-order valence-electron chi connectivity index (χ2n) is 8.95. The molecule has 2 aliphatic rings. The van der Waals surface area contributed by atoms with E-state index in [2.05, 4.69) is 53.8 Å². The standard InChI is InChI=1S/C24H28N8/c1-30-10-12-31(13-11-30)18-6-7-22(26-14-18)28-24-27-15-20-19-8-9-25-16-21(19)32(23(20)29-24)17-4-2-3-5-17/h6-9,14-17H,2-5,10-13H2,1H3,(H,26,27,28,29). The molecule has 1 saturated carbocycles. The molecule has 6 rings (SSSR count). The van der Waals surface area contributed by atoms with Gasteiger partial charge in [-0.1, -0.05) is 12.8 Å². The molecule has 0 aromatic carbocycles. The molecule has 164 valence electrons. The van der Waals surface area contributed by atoms with Gasteiger partial charge in [0.05, 0.1) is 23.6 Å². The van der Waals surface area contributed by atoms with Gasteiger partial charge in [-0.15, -0.1) is 0 Å². The van der Waals surface area contributed by atoms with E-state index in [4.69, 9.17) is 4.98 Å². The molecule has 0 unspecified atom stereocenters. The van der Waals surface area contributed by atoms with E-state index in [1.807, 2.05) is 30.9 Å². The molecule has 1 aliphatic heterocycles. The highest BCUT2D eigenvalue weighted by molar-refractivity contribution is 6.06. The summed E-state index contributed by atoms with van der Waals surface area (Å²) >= 11 is 0. The van der Waals surface area contributed by atoms with Gasteiger partial charge in [0.15, 0.2) is 0 Å². The predicted octanol–water partition coefficient (Wildman–Crippen LogP) is 3.99. The topological polar surface area (TPSA) is 75.0 Å². The van der Waals surface area contributed by atoms with Crippen LogP contribution in [0.5, 0.6) is 0 Å². The van der Waals surface area contributed by atoms with Gasteiger partial charge < -0.3 is 19.7 Å². The number of fused-ring (bicyclic) bond motifs is 3. The third kappa shape index (κ3) is 3.44. The maximum atomic E-state index is 4.93. The van der Waals surface area contributed by atoms with Crippen molar-refractivity contribution in [2.45, 2.75) is 31.7 Å². The molecule has 0 amide bonds. The number of anilines is 3. The van der Waals surface area contributed by atoms with Crippen molar-refractivity contribution in [3.8, 4) is 0 Å². The zero-order valence-electron chi connectivity index (χ0n) is 18.4. The first-order valence-electron chi connectivity index (χ1n) is 11.5. The van der Waals surface area contributed by atoms with Crippen LogP contribution in [0.1, 0.15) is 31.7 Å². The molecule has 32 heavy (non-hydrogen) atoms. The quantitative estimate of drug-likeness (QED) is 0.527. The number of piperazine rings is 1. The fraction of sp³-hybridized carbons (Fsp3) is 0.417. The van der Waals surface area contributed by atoms with E-state index in [1.165, 1.54) is 31.1 Å². The SMILES string of the molecule is CN1CCN(c2ccc(Nc3ncc4c5ccncc5n(C5CCCC5)c4n3)nc2)CC1. The van der Waals surface area contributed by atoms with E-state index in [9.17, 15) is 0 Å². The Labute approximate surface area is 187 Å². The zero-order chi connectivity index (χ0) is 21.5. The largest absolute Gasteiger partial charge is 0.368 e. The molecule has 2 fully saturated rings. The van der Waals surface area contributed by atoms with Crippen molar-refractivity contribution >= 4 is 39.4 Å². The first-order valence-corrected chi connectivity index (χ1v) is 11.5. The van der Waals surface area contributed by atoms with E-state index in [0.29, 0.717) is 12.0 Å². The van der Waals surface area contributed by atoms with Crippen LogP contribution in [0.15, 0.2) is 43.0 Å². The molecular weight excluding hydrogens is 400 g/mol. The Balaban J connectivity index is 1.30. The van der Waals surface area contributed by atoms with Crippen molar-refractivity contribution in [3.63, 3.8) is 0 Å². The summed E-state index contributed by atoms with van der Waals surface area (Å²) < 4.78 is 2.38. The van der Waals surface area contributed by atoms with Crippen LogP contribution in [-0.4, -0.2) is 62.6 Å². The van der Waals surface area contributed by atoms with Crippen LogP contribution < -0.4 is 10.2 Å². The second-order valence-corrected chi connectivity index (χ2v) is 8.95. The highest BCUT2D eigenvalue weighted by Crippen LogP contribution is 2.37. The smallest absolute Gasteiger partial charge is 0.230 e. The Morgan fingerprint density at radius 2 is 1.75 bits per heavy atom. The Morgan fingerprint density at radius 3 is 2.53 bits per heavy atom. The molecule has 0 atom stereocenters. The van der Waals surface area contributed by atoms with E-state index in [0.717, 1.165) is 54.2 Å². The van der Waals surface area contributed by atoms with Crippen molar-refractivity contribution in [1.29, 1.82) is 0 Å². The third-order valence-electron chi connectivity index (χ3n) is 6.89. The maximum absolute atomic E-state index is 4.93. The molecule has 0 radical (unpaired) electrons. The fourth-order valence-electron chi connectivity index (χ4n) is 5.08. The molecule has 8 nitrogen and oxygen atoms in total. The lowest BCUT2D eigenvalue weighted by Crippen LogP contribution is -2.44. The number of aromatic nitrogens is 5. The van der Waals surface area contributed by atoms with Crippen molar-refractivity contribution in [1.82, 2.24) is 29.4 Å². The minimum absolute atomic E-state index is 0.475. The lowest BCUT2D eigenvalue weighted by molar-refractivity contribution is 0.313. The van der Waals surface area contributed by atoms with Gasteiger partial charge in [0.2, 0.25) is 5.95 Å². The van der Waals surface area contributed by atoms with E-state index >= 15 is 0 Å². The predicted molar refractivity (Wildman–Crippen MR) is 128 cm³/mol. The summed E-state index contributed by atoms with van der Waals surface area (Å²) in [6, 6.07) is 6.68. The summed E-state index contributed by atoms with van der Waals surface area (Å²) in [7, 11) is 2.17. The number of pyridine rings is 2. The summed E-state index contributed by atoms with van der Waals surface area (Å²) in [5, 5.41) is 5.56. The van der Waals surface area contributed by atoms with Crippen LogP contribution in [0.4, 0.5) is 17.5 Å². The average Bonchev–Trinajstić information content (AvgIpc) is 3.46. The number of rotatable bonds is 4. The van der Waals surface area contributed by atoms with E-state index in [-0.39, 0.29) is 0 Å². The number of nitrogens with zero attached hydrogens (tertiary/aromatic N) is 7. The van der Waals surface area contributed by atoms with Gasteiger partial charge in [-0.2, -0.15) is 4.98 Å². The zero-order valence-corrected chi connectivity index (χ0v) is 18.4. The van der Waals surface area contributed by atoms with Crippen LogP contribution in [0, 0.1) is 0 Å². The molecule has 1 aliphatic carbocycles. The molecule has 1 N–H and O–H groups in total. The lowest BCUT2D eigenvalue weighted by atomic mass is 10.2. The van der Waals surface area contributed by atoms with Crippen LogP contribution in [-0.2, 0) is 0 Å². The van der Waals surface area contributed by atoms with E-state index in [1.54, 1.807) is 0 Å². The van der Waals surface area contributed by atoms with Crippen LogP contribution in [0.3, 0.4) is 0 Å². The summed E-state index contributed by atoms with van der Waals surface area (Å²) in [5.74, 6) is 1.33. The summed E-state index contributed by atoms with van der Waals surface area (Å²) in [5.41, 5.74) is 3.29. The Morgan fingerprint density at radius 1 is 0.906 bits per heavy atom. The number of hydrogen-bond acceptors (Lipinski definition) is 7. The van der Waals surface area contributed by atoms with Gasteiger partial charge in [0, 0.05) is 55.4 Å². The normalized spacial score (nSPS) is 18.1. The fourth-order valence-corrected chi connectivity index (χ4v) is 5.08. The maximum Gasteiger partial charge on any atom is 0.230 e. The van der Waals surface area contributed by atoms with Crippen molar-refractivity contribution < 1.29 is 0 Å². The Kier molecular flexibility index (Phi) is 4.87. The first kappa shape index (κ1) is 19.4. The Bertz CT molecular complexity index is 1230. The molecule has 4 aromatic heterocycles. The highest BCUT2D eigenvalue weighted by atomic mass is 15.3. The number of likely N-dealkylation sites (N-methyl/N-ethyl adjacent to an activating group) is 1. The average molecular weight is 429 g/mol. The number of nitrogens with one attached hydrogen (secondary N) is 1. The van der Waals surface area contributed by atoms with Crippen molar-refractivity contribution in [2.75, 3.05) is 43.4 Å². The Hall–Kier alpha value is -3.26. The van der Waals surface area contributed by atoms with Gasteiger partial charge in [0.25, 0.3) is 0 Å². The third-order valence-corrected chi connectivity index (χ3v) is 6.89. The van der Waals surface area contributed by atoms with Gasteiger partial charge >= 0.3 is 0 Å². The molecule has 8 heteroatoms. The van der Waals surface area contributed by atoms with Crippen molar-refractivity contribution in [2.24, 2.45) is 0 Å². The number of hydrogen-bond donors (Lipinski definition) is 1. The summed E-state index contributed by atoms with van der Waals surface area (Å²) in [6.07, 6.45) is 12.6. The highest BCUT2D eigenvalue weighted by Gasteiger charge is 2.23. The van der Waals surface area contributed by atoms with E-state index < -0.39 is 0 Å². The van der Waals surface area contributed by atoms with Crippen LogP contribution in [0.25, 0.3) is 21.9 Å². The molecule has 4 aromatic rings. The monoisotopic (exact) mass is 428 g/mol. The van der Waals surface area contributed by atoms with Gasteiger partial charge in [0.1, 0.15) is 11.5 Å². The van der Waals surface area contributed by atoms with Gasteiger partial charge in [-0.05, 0) is 38.1 Å². The second kappa shape index (κ2) is 8.02. The molecule has 1 saturated heterocycles. The van der Waals surface area contributed by atoms with Crippen LogP contribution >= 0.6 is 0 Å². The van der Waals surface area contributed by atoms with Gasteiger partial charge in [-0.3, -0.25) is 4.98 Å². The summed E-state index contributed by atoms with van der Waals surface area (Å²) in [4.78, 5) is 23.3. The molecular formula is C24H28N8. The molecule has 0 bridgehead atoms. The minimum atomic E-state index is 0.475. The van der Waals surface area contributed by atoms with Crippen LogP contribution in [0.2, 0.25) is 0 Å². The van der Waals surface area contributed by atoms with Gasteiger partial charge in [-0.25, -0.2) is 9.97 Å².